The van der Waals surface area contributed by atoms with Crippen LogP contribution in [-0.4, -0.2) is 16.7 Å². The van der Waals surface area contributed by atoms with E-state index in [0.29, 0.717) is 5.95 Å². The fourth-order valence-electron chi connectivity index (χ4n) is 2.28. The third-order valence-corrected chi connectivity index (χ3v) is 3.79. The monoisotopic (exact) mass is 331 g/mol. The Kier molecular flexibility index (Phi) is 3.14. The van der Waals surface area contributed by atoms with Gasteiger partial charge in [0.25, 0.3) is 0 Å². The molecule has 0 spiro atoms. The number of benzene rings is 2. The highest BCUT2D eigenvalue weighted by Crippen LogP contribution is 2.29. The molecule has 2 N–H and O–H groups in total. The number of nitrogens with two attached hydrogens (primary N) is 1. The predicted molar refractivity (Wildman–Crippen MR) is 84.5 cm³/mol. The van der Waals surface area contributed by atoms with Crippen LogP contribution in [0.1, 0.15) is 5.56 Å². The van der Waals surface area contributed by atoms with E-state index in [-0.39, 0.29) is 0 Å². The first-order chi connectivity index (χ1) is 9.60. The van der Waals surface area contributed by atoms with Crippen LogP contribution < -0.4 is 10.5 Å². The molecule has 20 heavy (non-hydrogen) atoms. The number of hydrogen-bond donors (Lipinski definition) is 1. The van der Waals surface area contributed by atoms with Crippen molar-refractivity contribution in [2.75, 3.05) is 12.8 Å². The standard InChI is InChI=1S/C15H14BrN3O/c1-9-3-4-10(16)7-14(9)19-13-6-5-11(20-2)8-12(13)18-15(19)17/h3-8H,1-2H3,(H2,17,18). The highest BCUT2D eigenvalue weighted by molar-refractivity contribution is 9.10. The maximum absolute atomic E-state index is 6.09. The van der Waals surface area contributed by atoms with Gasteiger partial charge in [-0.15, -0.1) is 0 Å². The topological polar surface area (TPSA) is 53.1 Å². The molecule has 1 aromatic heterocycles. The van der Waals surface area contributed by atoms with Crippen molar-refractivity contribution < 1.29 is 4.74 Å². The SMILES string of the molecule is COc1ccc2c(c1)nc(N)n2-c1cc(Br)ccc1C. The minimum absolute atomic E-state index is 0.467. The smallest absolute Gasteiger partial charge is 0.205 e. The first kappa shape index (κ1) is 13.0. The molecule has 0 fully saturated rings. The predicted octanol–water partition coefficient (Wildman–Crippen LogP) is 3.69. The third kappa shape index (κ3) is 2.04. The van der Waals surface area contributed by atoms with Gasteiger partial charge in [-0.25, -0.2) is 4.98 Å². The number of methoxy groups -OCH3 is 1. The molecule has 0 aliphatic carbocycles. The zero-order chi connectivity index (χ0) is 14.3. The van der Waals surface area contributed by atoms with Gasteiger partial charge in [-0.1, -0.05) is 22.0 Å². The van der Waals surface area contributed by atoms with E-state index in [1.54, 1.807) is 7.11 Å². The van der Waals surface area contributed by atoms with Crippen molar-refractivity contribution >= 4 is 32.9 Å². The van der Waals surface area contributed by atoms with Crippen LogP contribution in [0.25, 0.3) is 16.7 Å². The van der Waals surface area contributed by atoms with E-state index in [1.165, 1.54) is 0 Å². The lowest BCUT2D eigenvalue weighted by atomic mass is 10.2. The Labute approximate surface area is 125 Å². The van der Waals surface area contributed by atoms with Crippen LogP contribution in [0.15, 0.2) is 40.9 Å². The molecule has 4 nitrogen and oxygen atoms in total. The Bertz CT molecular complexity index is 795. The molecule has 0 amide bonds. The van der Waals surface area contributed by atoms with E-state index >= 15 is 0 Å². The normalized spacial score (nSPS) is 10.9. The van der Waals surface area contributed by atoms with Crippen molar-refractivity contribution in [3.05, 3.63) is 46.4 Å². The van der Waals surface area contributed by atoms with Gasteiger partial charge >= 0.3 is 0 Å². The van der Waals surface area contributed by atoms with Crippen LogP contribution in [0, 0.1) is 6.92 Å². The molecule has 102 valence electrons. The second-order valence-electron chi connectivity index (χ2n) is 4.59. The lowest BCUT2D eigenvalue weighted by Crippen LogP contribution is -2.02. The molecule has 0 bridgehead atoms. The summed E-state index contributed by atoms with van der Waals surface area (Å²) in [6, 6.07) is 11.9. The van der Waals surface area contributed by atoms with E-state index in [0.717, 1.165) is 32.5 Å². The van der Waals surface area contributed by atoms with Crippen molar-refractivity contribution in [1.82, 2.24) is 9.55 Å². The van der Waals surface area contributed by atoms with Crippen molar-refractivity contribution in [2.45, 2.75) is 6.92 Å². The van der Waals surface area contributed by atoms with Crippen LogP contribution in [0.5, 0.6) is 5.75 Å². The molecule has 0 unspecified atom stereocenters. The number of aromatic nitrogens is 2. The Balaban J connectivity index is 2.30. The van der Waals surface area contributed by atoms with Crippen molar-refractivity contribution in [3.63, 3.8) is 0 Å². The summed E-state index contributed by atoms with van der Waals surface area (Å²) in [5.41, 5.74) is 10.0. The van der Waals surface area contributed by atoms with Gasteiger partial charge in [0.05, 0.1) is 23.8 Å². The van der Waals surface area contributed by atoms with Gasteiger partial charge in [-0.3, -0.25) is 4.57 Å². The molecule has 2 aromatic carbocycles. The maximum Gasteiger partial charge on any atom is 0.205 e. The molecular weight excluding hydrogens is 318 g/mol. The lowest BCUT2D eigenvalue weighted by molar-refractivity contribution is 0.415. The summed E-state index contributed by atoms with van der Waals surface area (Å²) < 4.78 is 8.18. The van der Waals surface area contributed by atoms with Crippen LogP contribution in [0.4, 0.5) is 5.95 Å². The molecule has 0 atom stereocenters. The summed E-state index contributed by atoms with van der Waals surface area (Å²) in [4.78, 5) is 4.41. The number of nitrogen functional groups attached to an aromatic ring is 1. The molecule has 3 rings (SSSR count). The van der Waals surface area contributed by atoms with Crippen LogP contribution in [0.2, 0.25) is 0 Å². The number of rotatable bonds is 2. The van der Waals surface area contributed by atoms with Crippen molar-refractivity contribution in [2.24, 2.45) is 0 Å². The molecule has 1 heterocycles. The molecule has 0 aliphatic rings. The van der Waals surface area contributed by atoms with Gasteiger partial charge in [0.1, 0.15) is 5.75 Å². The summed E-state index contributed by atoms with van der Waals surface area (Å²) in [5, 5.41) is 0. The van der Waals surface area contributed by atoms with Crippen molar-refractivity contribution in [3.8, 4) is 11.4 Å². The molecular formula is C15H14BrN3O. The van der Waals surface area contributed by atoms with Crippen LogP contribution >= 0.6 is 15.9 Å². The second-order valence-corrected chi connectivity index (χ2v) is 5.51. The first-order valence-corrected chi connectivity index (χ1v) is 6.98. The molecule has 0 saturated heterocycles. The number of fused-ring (bicyclic) bond motifs is 1. The Morgan fingerprint density at radius 1 is 1.20 bits per heavy atom. The number of anilines is 1. The van der Waals surface area contributed by atoms with E-state index in [4.69, 9.17) is 10.5 Å². The largest absolute Gasteiger partial charge is 0.497 e. The van der Waals surface area contributed by atoms with Crippen LogP contribution in [-0.2, 0) is 0 Å². The summed E-state index contributed by atoms with van der Waals surface area (Å²) >= 11 is 3.50. The zero-order valence-corrected chi connectivity index (χ0v) is 12.8. The van der Waals surface area contributed by atoms with Gasteiger partial charge in [-0.2, -0.15) is 0 Å². The average molecular weight is 332 g/mol. The zero-order valence-electron chi connectivity index (χ0n) is 11.2. The fraction of sp³-hybridized carbons (Fsp3) is 0.133. The summed E-state index contributed by atoms with van der Waals surface area (Å²) in [6.07, 6.45) is 0. The number of hydrogen-bond acceptors (Lipinski definition) is 3. The molecule has 0 radical (unpaired) electrons. The molecule has 0 aliphatic heterocycles. The number of halogens is 1. The van der Waals surface area contributed by atoms with Gasteiger partial charge in [0.2, 0.25) is 5.95 Å². The minimum Gasteiger partial charge on any atom is -0.497 e. The Morgan fingerprint density at radius 2 is 2.00 bits per heavy atom. The summed E-state index contributed by atoms with van der Waals surface area (Å²) in [6.45, 7) is 2.05. The van der Waals surface area contributed by atoms with Gasteiger partial charge in [0, 0.05) is 10.5 Å². The number of nitrogens with zero attached hydrogens (tertiary/aromatic N) is 2. The van der Waals surface area contributed by atoms with Crippen LogP contribution in [0.3, 0.4) is 0 Å². The van der Waals surface area contributed by atoms with E-state index in [9.17, 15) is 0 Å². The minimum atomic E-state index is 0.467. The molecule has 0 saturated carbocycles. The van der Waals surface area contributed by atoms with E-state index in [1.807, 2.05) is 41.0 Å². The van der Waals surface area contributed by atoms with Gasteiger partial charge < -0.3 is 10.5 Å². The second kappa shape index (κ2) is 4.83. The number of imidazole rings is 1. The van der Waals surface area contributed by atoms with E-state index in [2.05, 4.69) is 27.8 Å². The highest BCUT2D eigenvalue weighted by atomic mass is 79.9. The first-order valence-electron chi connectivity index (χ1n) is 6.18. The summed E-state index contributed by atoms with van der Waals surface area (Å²) in [7, 11) is 1.64. The Hall–Kier alpha value is -2.01. The molecule has 5 heteroatoms. The highest BCUT2D eigenvalue weighted by Gasteiger charge is 2.12. The maximum atomic E-state index is 6.09. The summed E-state index contributed by atoms with van der Waals surface area (Å²) in [5.74, 6) is 1.24. The van der Waals surface area contributed by atoms with Gasteiger partial charge in [-0.05, 0) is 36.8 Å². The fourth-order valence-corrected chi connectivity index (χ4v) is 2.63. The number of aryl methyl sites for hydroxylation is 1. The number of ether oxygens (including phenoxy) is 1. The van der Waals surface area contributed by atoms with Gasteiger partial charge in [0.15, 0.2) is 0 Å². The third-order valence-electron chi connectivity index (χ3n) is 3.30. The van der Waals surface area contributed by atoms with Crippen molar-refractivity contribution in [1.29, 1.82) is 0 Å². The Morgan fingerprint density at radius 3 is 2.75 bits per heavy atom. The lowest BCUT2D eigenvalue weighted by Gasteiger charge is -2.10. The quantitative estimate of drug-likeness (QED) is 0.779. The van der Waals surface area contributed by atoms with E-state index < -0.39 is 0 Å². The average Bonchev–Trinajstić information content (AvgIpc) is 2.76. The molecule has 3 aromatic rings.